The van der Waals surface area contributed by atoms with Gasteiger partial charge in [0.1, 0.15) is 0 Å². The van der Waals surface area contributed by atoms with Crippen LogP contribution in [0.15, 0.2) is 24.3 Å². The van der Waals surface area contributed by atoms with Crippen LogP contribution in [0.5, 0.6) is 0 Å². The molecular formula is C22H30N2O4. The van der Waals surface area contributed by atoms with E-state index >= 15 is 0 Å². The van der Waals surface area contributed by atoms with Crippen LogP contribution >= 0.6 is 0 Å². The van der Waals surface area contributed by atoms with E-state index < -0.39 is 0 Å². The lowest BCUT2D eigenvalue weighted by molar-refractivity contribution is -0.179. The van der Waals surface area contributed by atoms with Gasteiger partial charge in [0.25, 0.3) is 5.91 Å². The first-order valence-corrected chi connectivity index (χ1v) is 10.6. The van der Waals surface area contributed by atoms with Crippen molar-refractivity contribution in [2.24, 2.45) is 0 Å². The van der Waals surface area contributed by atoms with Crippen molar-refractivity contribution in [3.8, 4) is 0 Å². The van der Waals surface area contributed by atoms with Crippen LogP contribution in [0, 0.1) is 0 Å². The van der Waals surface area contributed by atoms with E-state index in [-0.39, 0.29) is 29.6 Å². The lowest BCUT2D eigenvalue weighted by Gasteiger charge is -2.47. The number of anilines is 1. The number of aliphatic hydroxyl groups is 1. The molecule has 3 heterocycles. The highest BCUT2D eigenvalue weighted by atomic mass is 16.5. The molecule has 0 unspecified atom stereocenters. The Kier molecular flexibility index (Phi) is 5.43. The normalized spacial score (nSPS) is 27.4. The van der Waals surface area contributed by atoms with Gasteiger partial charge in [0.05, 0.1) is 17.8 Å². The van der Waals surface area contributed by atoms with Crippen LogP contribution in [0.2, 0.25) is 0 Å². The summed E-state index contributed by atoms with van der Waals surface area (Å²) in [5.41, 5.74) is 1.24. The summed E-state index contributed by atoms with van der Waals surface area (Å²) in [7, 11) is 0. The van der Waals surface area contributed by atoms with Gasteiger partial charge in [-0.2, -0.15) is 0 Å². The Bertz CT molecular complexity index is 725. The summed E-state index contributed by atoms with van der Waals surface area (Å²) in [4.78, 5) is 28.5. The molecule has 1 aromatic rings. The van der Waals surface area contributed by atoms with Crippen molar-refractivity contribution < 1.29 is 19.4 Å². The first-order chi connectivity index (χ1) is 13.5. The molecular weight excluding hydrogens is 356 g/mol. The summed E-state index contributed by atoms with van der Waals surface area (Å²) in [5, 5.41) is 10.2. The highest BCUT2D eigenvalue weighted by molar-refractivity contribution is 5.97. The largest absolute Gasteiger partial charge is 0.393 e. The van der Waals surface area contributed by atoms with Gasteiger partial charge in [-0.1, -0.05) is 6.92 Å². The van der Waals surface area contributed by atoms with Crippen LogP contribution in [-0.4, -0.2) is 59.3 Å². The lowest BCUT2D eigenvalue weighted by Crippen LogP contribution is -2.53. The molecule has 0 bridgehead atoms. The minimum atomic E-state index is -0.304. The molecule has 28 heavy (non-hydrogen) atoms. The Morgan fingerprint density at radius 2 is 1.93 bits per heavy atom. The third-order valence-electron chi connectivity index (χ3n) is 6.48. The van der Waals surface area contributed by atoms with Crippen LogP contribution < -0.4 is 4.90 Å². The Hall–Kier alpha value is -1.92. The molecule has 1 aromatic carbocycles. The van der Waals surface area contributed by atoms with Crippen LogP contribution in [0.1, 0.15) is 62.2 Å². The maximum absolute atomic E-state index is 12.9. The van der Waals surface area contributed by atoms with E-state index in [0.717, 1.165) is 37.9 Å². The minimum absolute atomic E-state index is 0.0255. The fourth-order valence-electron chi connectivity index (χ4n) is 4.84. The number of rotatable bonds is 3. The standard InChI is InChI=1S/C22H30N2O4/c1-2-19-14-18(25)15-22(28-19)9-12-23(13-10-22)21(27)16-5-7-17(8-6-16)24-11-3-4-20(24)26/h5-8,18-19,25H,2-4,9-15H2,1H3/t18-,19+/m1/s1. The van der Waals surface area contributed by atoms with Crippen molar-refractivity contribution in [2.45, 2.75) is 69.7 Å². The summed E-state index contributed by atoms with van der Waals surface area (Å²) in [5.74, 6) is 0.179. The topological polar surface area (TPSA) is 70.1 Å². The molecule has 1 spiro atoms. The number of hydrogen-bond donors (Lipinski definition) is 1. The molecule has 3 aliphatic heterocycles. The molecule has 3 saturated heterocycles. The third-order valence-corrected chi connectivity index (χ3v) is 6.48. The molecule has 3 aliphatic rings. The van der Waals surface area contributed by atoms with Crippen molar-refractivity contribution in [3.05, 3.63) is 29.8 Å². The summed E-state index contributed by atoms with van der Waals surface area (Å²) < 4.78 is 6.32. The van der Waals surface area contributed by atoms with Gasteiger partial charge in [-0.15, -0.1) is 0 Å². The zero-order valence-electron chi connectivity index (χ0n) is 16.6. The number of carbonyl (C=O) groups is 2. The zero-order valence-corrected chi connectivity index (χ0v) is 16.6. The molecule has 4 rings (SSSR count). The monoisotopic (exact) mass is 386 g/mol. The molecule has 0 saturated carbocycles. The van der Waals surface area contributed by atoms with Crippen LogP contribution in [0.4, 0.5) is 5.69 Å². The number of piperidine rings is 1. The summed E-state index contributed by atoms with van der Waals surface area (Å²) in [6, 6.07) is 7.38. The average Bonchev–Trinajstić information content (AvgIpc) is 3.13. The fraction of sp³-hybridized carbons (Fsp3) is 0.636. The molecule has 2 atom stereocenters. The number of nitrogens with zero attached hydrogens (tertiary/aromatic N) is 2. The summed E-state index contributed by atoms with van der Waals surface area (Å²) >= 11 is 0. The number of hydrogen-bond acceptors (Lipinski definition) is 4. The minimum Gasteiger partial charge on any atom is -0.393 e. The fourth-order valence-corrected chi connectivity index (χ4v) is 4.84. The smallest absolute Gasteiger partial charge is 0.253 e. The Morgan fingerprint density at radius 1 is 1.21 bits per heavy atom. The highest BCUT2D eigenvalue weighted by Crippen LogP contribution is 2.38. The van der Waals surface area contributed by atoms with Crippen molar-refractivity contribution in [1.29, 1.82) is 0 Å². The SMILES string of the molecule is CC[C@H]1C[C@@H](O)CC2(CCN(C(=O)c3ccc(N4CCCC4=O)cc3)CC2)O1. The Morgan fingerprint density at radius 3 is 2.54 bits per heavy atom. The molecule has 152 valence electrons. The van der Waals surface area contributed by atoms with Gasteiger partial charge in [0.15, 0.2) is 0 Å². The number of aliphatic hydroxyl groups excluding tert-OH is 1. The van der Waals surface area contributed by atoms with E-state index in [1.807, 2.05) is 29.2 Å². The second-order valence-corrected chi connectivity index (χ2v) is 8.41. The van der Waals surface area contributed by atoms with Crippen LogP contribution in [0.3, 0.4) is 0 Å². The molecule has 3 fully saturated rings. The first kappa shape index (κ1) is 19.4. The van der Waals surface area contributed by atoms with Gasteiger partial charge in [-0.05, 0) is 56.4 Å². The van der Waals surface area contributed by atoms with Crippen LogP contribution in [-0.2, 0) is 9.53 Å². The number of amides is 2. The molecule has 6 nitrogen and oxygen atoms in total. The molecule has 0 aromatic heterocycles. The van der Waals surface area contributed by atoms with Gasteiger partial charge in [0, 0.05) is 43.7 Å². The molecule has 1 N–H and O–H groups in total. The maximum Gasteiger partial charge on any atom is 0.253 e. The second-order valence-electron chi connectivity index (χ2n) is 8.41. The number of benzene rings is 1. The van der Waals surface area contributed by atoms with Crippen molar-refractivity contribution in [2.75, 3.05) is 24.5 Å². The van der Waals surface area contributed by atoms with E-state index in [4.69, 9.17) is 4.74 Å². The molecule has 0 radical (unpaired) electrons. The Balaban J connectivity index is 1.38. The van der Waals surface area contributed by atoms with Crippen LogP contribution in [0.25, 0.3) is 0 Å². The first-order valence-electron chi connectivity index (χ1n) is 10.6. The van der Waals surface area contributed by atoms with E-state index in [0.29, 0.717) is 37.9 Å². The maximum atomic E-state index is 12.9. The van der Waals surface area contributed by atoms with Crippen molar-refractivity contribution >= 4 is 17.5 Å². The van der Waals surface area contributed by atoms with E-state index in [1.54, 1.807) is 4.90 Å². The number of carbonyl (C=O) groups excluding carboxylic acids is 2. The quantitative estimate of drug-likeness (QED) is 0.867. The van der Waals surface area contributed by atoms with Crippen molar-refractivity contribution in [1.82, 2.24) is 4.90 Å². The number of ether oxygens (including phenoxy) is 1. The molecule has 2 amide bonds. The molecule has 6 heteroatoms. The highest BCUT2D eigenvalue weighted by Gasteiger charge is 2.43. The predicted octanol–water partition coefficient (Wildman–Crippen LogP) is 2.74. The van der Waals surface area contributed by atoms with E-state index in [1.165, 1.54) is 0 Å². The van der Waals surface area contributed by atoms with Gasteiger partial charge in [0.2, 0.25) is 5.91 Å². The van der Waals surface area contributed by atoms with Gasteiger partial charge < -0.3 is 19.6 Å². The summed E-state index contributed by atoms with van der Waals surface area (Å²) in [6.07, 6.45) is 5.15. The molecule has 0 aliphatic carbocycles. The van der Waals surface area contributed by atoms with Crippen molar-refractivity contribution in [3.63, 3.8) is 0 Å². The van der Waals surface area contributed by atoms with Gasteiger partial charge >= 0.3 is 0 Å². The second kappa shape index (κ2) is 7.84. The van der Waals surface area contributed by atoms with E-state index in [2.05, 4.69) is 6.92 Å². The van der Waals surface area contributed by atoms with Gasteiger partial charge in [-0.3, -0.25) is 9.59 Å². The summed E-state index contributed by atoms with van der Waals surface area (Å²) in [6.45, 7) is 4.14. The average molecular weight is 386 g/mol. The van der Waals surface area contributed by atoms with Gasteiger partial charge in [-0.25, -0.2) is 0 Å². The Labute approximate surface area is 166 Å². The predicted molar refractivity (Wildman–Crippen MR) is 106 cm³/mol. The number of likely N-dealkylation sites (tertiary alicyclic amines) is 1. The van der Waals surface area contributed by atoms with E-state index in [9.17, 15) is 14.7 Å². The third kappa shape index (κ3) is 3.80. The zero-order chi connectivity index (χ0) is 19.7. The lowest BCUT2D eigenvalue weighted by atomic mass is 9.81.